The van der Waals surface area contributed by atoms with Crippen molar-refractivity contribution >= 4 is 17.6 Å². The molecule has 7 nitrogen and oxygen atoms in total. The van der Waals surface area contributed by atoms with Crippen molar-refractivity contribution in [1.29, 1.82) is 0 Å². The highest BCUT2D eigenvalue weighted by atomic mass is 16.4. The van der Waals surface area contributed by atoms with Gasteiger partial charge in [0.05, 0.1) is 0 Å². The number of rotatable bonds is 5. The summed E-state index contributed by atoms with van der Waals surface area (Å²) in [5.74, 6) is -1.31. The van der Waals surface area contributed by atoms with E-state index >= 15 is 0 Å². The van der Waals surface area contributed by atoms with E-state index in [9.17, 15) is 9.59 Å². The molecular weight excluding hydrogens is 272 g/mol. The summed E-state index contributed by atoms with van der Waals surface area (Å²) in [6.45, 7) is 0.462. The molecule has 3 N–H and O–H groups in total. The second kappa shape index (κ2) is 6.47. The van der Waals surface area contributed by atoms with Crippen LogP contribution >= 0.6 is 0 Å². The van der Waals surface area contributed by atoms with Crippen LogP contribution < -0.4 is 10.6 Å². The number of carbonyl (C=O) groups excluding carboxylic acids is 1. The van der Waals surface area contributed by atoms with Gasteiger partial charge in [-0.15, -0.1) is 0 Å². The Kier molecular flexibility index (Phi) is 4.45. The number of carboxylic acid groups (broad SMARTS) is 1. The van der Waals surface area contributed by atoms with Gasteiger partial charge >= 0.3 is 5.97 Å². The minimum atomic E-state index is -1.06. The summed E-state index contributed by atoms with van der Waals surface area (Å²) in [6, 6.07) is 6.51. The Morgan fingerprint density at radius 3 is 2.62 bits per heavy atom. The van der Waals surface area contributed by atoms with Gasteiger partial charge in [-0.3, -0.25) is 9.78 Å². The lowest BCUT2D eigenvalue weighted by Gasteiger charge is -2.07. The van der Waals surface area contributed by atoms with Crippen LogP contribution in [-0.2, 0) is 6.54 Å². The van der Waals surface area contributed by atoms with E-state index in [1.807, 2.05) is 0 Å². The Bertz CT molecular complexity index is 656. The molecular formula is C14H14N4O3. The molecule has 0 fully saturated rings. The molecule has 0 bridgehead atoms. The number of aromatic nitrogens is 2. The zero-order valence-electron chi connectivity index (χ0n) is 11.3. The zero-order chi connectivity index (χ0) is 15.2. The van der Waals surface area contributed by atoms with Crippen LogP contribution in [-0.4, -0.2) is 34.0 Å². The van der Waals surface area contributed by atoms with Crippen LogP contribution in [0.3, 0.4) is 0 Å². The van der Waals surface area contributed by atoms with Crippen LogP contribution in [0.15, 0.2) is 36.7 Å². The van der Waals surface area contributed by atoms with E-state index in [1.54, 1.807) is 31.4 Å². The third kappa shape index (κ3) is 3.75. The lowest BCUT2D eigenvalue weighted by Crippen LogP contribution is -2.19. The van der Waals surface area contributed by atoms with E-state index in [4.69, 9.17) is 5.11 Å². The minimum Gasteiger partial charge on any atom is -0.477 e. The summed E-state index contributed by atoms with van der Waals surface area (Å²) in [5, 5.41) is 14.4. The molecule has 2 rings (SSSR count). The number of carboxylic acids is 1. The minimum absolute atomic E-state index is 0.00423. The molecule has 0 aromatic carbocycles. The van der Waals surface area contributed by atoms with E-state index in [0.29, 0.717) is 12.2 Å². The molecule has 21 heavy (non-hydrogen) atoms. The fourth-order valence-corrected chi connectivity index (χ4v) is 1.65. The Morgan fingerprint density at radius 2 is 2.00 bits per heavy atom. The Balaban J connectivity index is 2.02. The average molecular weight is 286 g/mol. The van der Waals surface area contributed by atoms with E-state index < -0.39 is 5.97 Å². The quantitative estimate of drug-likeness (QED) is 0.761. The third-order valence-corrected chi connectivity index (χ3v) is 2.76. The average Bonchev–Trinajstić information content (AvgIpc) is 2.52. The molecule has 0 aliphatic carbocycles. The first-order valence-corrected chi connectivity index (χ1v) is 6.20. The van der Waals surface area contributed by atoms with Gasteiger partial charge in [0.15, 0.2) is 0 Å². The molecule has 0 aliphatic rings. The van der Waals surface area contributed by atoms with Gasteiger partial charge in [0.25, 0.3) is 5.91 Å². The first kappa shape index (κ1) is 14.4. The maximum atomic E-state index is 11.5. The number of nitrogens with zero attached hydrogens (tertiary/aromatic N) is 2. The van der Waals surface area contributed by atoms with E-state index in [1.165, 1.54) is 12.3 Å². The molecule has 2 heterocycles. The smallest absolute Gasteiger partial charge is 0.354 e. The summed E-state index contributed by atoms with van der Waals surface area (Å²) >= 11 is 0. The van der Waals surface area contributed by atoms with E-state index in [0.717, 1.165) is 11.3 Å². The van der Waals surface area contributed by atoms with Crippen molar-refractivity contribution < 1.29 is 14.7 Å². The summed E-state index contributed by atoms with van der Waals surface area (Å²) < 4.78 is 0. The van der Waals surface area contributed by atoms with Crippen molar-refractivity contribution in [3.63, 3.8) is 0 Å². The highest BCUT2D eigenvalue weighted by molar-refractivity contribution is 5.92. The Morgan fingerprint density at radius 1 is 1.19 bits per heavy atom. The van der Waals surface area contributed by atoms with Crippen molar-refractivity contribution in [2.24, 2.45) is 0 Å². The van der Waals surface area contributed by atoms with Crippen LogP contribution in [0.5, 0.6) is 0 Å². The first-order valence-electron chi connectivity index (χ1n) is 6.20. The third-order valence-electron chi connectivity index (χ3n) is 2.76. The number of hydrogen-bond acceptors (Lipinski definition) is 5. The fraction of sp³-hybridized carbons (Fsp3) is 0.143. The van der Waals surface area contributed by atoms with Gasteiger partial charge < -0.3 is 15.7 Å². The Hall–Kier alpha value is -2.96. The molecule has 0 aliphatic heterocycles. The van der Waals surface area contributed by atoms with Gasteiger partial charge in [-0.1, -0.05) is 6.07 Å². The predicted molar refractivity (Wildman–Crippen MR) is 76.2 cm³/mol. The first-order chi connectivity index (χ1) is 10.1. The van der Waals surface area contributed by atoms with Crippen molar-refractivity contribution in [3.8, 4) is 0 Å². The van der Waals surface area contributed by atoms with Gasteiger partial charge in [0.1, 0.15) is 11.4 Å². The van der Waals surface area contributed by atoms with Crippen LogP contribution in [0.4, 0.5) is 5.69 Å². The van der Waals surface area contributed by atoms with Crippen LogP contribution in [0.25, 0.3) is 0 Å². The highest BCUT2D eigenvalue weighted by Gasteiger charge is 2.06. The van der Waals surface area contributed by atoms with Crippen LogP contribution in [0, 0.1) is 0 Å². The van der Waals surface area contributed by atoms with Crippen molar-refractivity contribution in [1.82, 2.24) is 15.3 Å². The molecule has 108 valence electrons. The molecule has 0 spiro atoms. The van der Waals surface area contributed by atoms with Gasteiger partial charge in [-0.2, -0.15) is 0 Å². The topological polar surface area (TPSA) is 104 Å². The maximum absolute atomic E-state index is 11.5. The van der Waals surface area contributed by atoms with E-state index in [-0.39, 0.29) is 11.6 Å². The number of aromatic carboxylic acids is 1. The van der Waals surface area contributed by atoms with E-state index in [2.05, 4.69) is 20.6 Å². The lowest BCUT2D eigenvalue weighted by molar-refractivity contribution is 0.0690. The molecule has 0 unspecified atom stereocenters. The van der Waals surface area contributed by atoms with Gasteiger partial charge in [-0.25, -0.2) is 9.78 Å². The number of hydrogen-bond donors (Lipinski definition) is 3. The molecule has 0 saturated carbocycles. The zero-order valence-corrected chi connectivity index (χ0v) is 11.3. The van der Waals surface area contributed by atoms with Crippen molar-refractivity contribution in [2.45, 2.75) is 6.54 Å². The molecule has 2 aromatic heterocycles. The van der Waals surface area contributed by atoms with Crippen LogP contribution in [0.2, 0.25) is 0 Å². The molecule has 0 atom stereocenters. The van der Waals surface area contributed by atoms with Crippen molar-refractivity contribution in [2.75, 3.05) is 12.4 Å². The fourth-order valence-electron chi connectivity index (χ4n) is 1.65. The highest BCUT2D eigenvalue weighted by Crippen LogP contribution is 2.10. The number of nitrogens with one attached hydrogen (secondary N) is 2. The molecule has 0 radical (unpaired) electrons. The molecule has 1 amide bonds. The summed E-state index contributed by atoms with van der Waals surface area (Å²) in [4.78, 5) is 30.0. The number of amides is 1. The van der Waals surface area contributed by atoms with Crippen molar-refractivity contribution in [3.05, 3.63) is 53.6 Å². The van der Waals surface area contributed by atoms with Gasteiger partial charge in [0.2, 0.25) is 0 Å². The predicted octanol–water partition coefficient (Wildman–Crippen LogP) is 1.15. The summed E-state index contributed by atoms with van der Waals surface area (Å²) in [5.41, 5.74) is 1.90. The monoisotopic (exact) mass is 286 g/mol. The molecule has 7 heteroatoms. The molecule has 0 saturated heterocycles. The number of pyridine rings is 2. The largest absolute Gasteiger partial charge is 0.477 e. The second-order valence-corrected chi connectivity index (χ2v) is 4.22. The SMILES string of the molecule is CNC(=O)c1cc(NCc2ccc(C(=O)O)nc2)ccn1. The maximum Gasteiger partial charge on any atom is 0.354 e. The standard InChI is InChI=1S/C14H14N4O3/c1-15-13(19)12-6-10(4-5-16-12)17-7-9-2-3-11(14(20)21)18-8-9/h2-6,8H,7H2,1H3,(H,15,19)(H,16,17)(H,20,21). The van der Waals surface area contributed by atoms with Gasteiger partial charge in [-0.05, 0) is 23.8 Å². The molecule has 2 aromatic rings. The second-order valence-electron chi connectivity index (χ2n) is 4.22. The number of carbonyl (C=O) groups is 2. The summed E-state index contributed by atoms with van der Waals surface area (Å²) in [6.07, 6.45) is 3.04. The summed E-state index contributed by atoms with van der Waals surface area (Å²) in [7, 11) is 1.54. The van der Waals surface area contributed by atoms with Gasteiger partial charge in [0, 0.05) is 31.7 Å². The Labute approximate surface area is 121 Å². The number of anilines is 1. The lowest BCUT2D eigenvalue weighted by atomic mass is 10.2. The van der Waals surface area contributed by atoms with Crippen LogP contribution in [0.1, 0.15) is 26.5 Å². The normalized spacial score (nSPS) is 9.95.